The Hall–Kier alpha value is -1.88. The minimum atomic E-state index is -0.134. The molecule has 1 aromatic carbocycles. The predicted molar refractivity (Wildman–Crippen MR) is 62.0 cm³/mol. The van der Waals surface area contributed by atoms with Gasteiger partial charge in [0.2, 0.25) is 0 Å². The molecular weight excluding hydrogens is 206 g/mol. The highest BCUT2D eigenvalue weighted by atomic mass is 16.5. The van der Waals surface area contributed by atoms with E-state index in [-0.39, 0.29) is 12.3 Å². The van der Waals surface area contributed by atoms with Crippen LogP contribution in [0.1, 0.15) is 6.92 Å². The Bertz CT molecular complexity index is 563. The van der Waals surface area contributed by atoms with Crippen LogP contribution in [0.5, 0.6) is 0 Å². The van der Waals surface area contributed by atoms with Crippen molar-refractivity contribution >= 4 is 16.6 Å². The Balaban J connectivity index is 2.55. The number of nitrogens with two attached hydrogens (primary N) is 1. The van der Waals surface area contributed by atoms with Crippen LogP contribution in [0.25, 0.3) is 10.9 Å². The molecule has 1 heterocycles. The van der Waals surface area contributed by atoms with Gasteiger partial charge in [0.15, 0.2) is 0 Å². The first-order valence-corrected chi connectivity index (χ1v) is 5.05. The second-order valence-electron chi connectivity index (χ2n) is 3.42. The summed E-state index contributed by atoms with van der Waals surface area (Å²) >= 11 is 0. The van der Waals surface area contributed by atoms with Crippen LogP contribution in [0, 0.1) is 0 Å². The Morgan fingerprint density at radius 1 is 1.50 bits per heavy atom. The van der Waals surface area contributed by atoms with Crippen molar-refractivity contribution in [1.29, 1.82) is 0 Å². The summed E-state index contributed by atoms with van der Waals surface area (Å²) in [6, 6.07) is 5.09. The van der Waals surface area contributed by atoms with Gasteiger partial charge in [-0.05, 0) is 25.1 Å². The van der Waals surface area contributed by atoms with Gasteiger partial charge >= 0.3 is 0 Å². The molecule has 0 spiro atoms. The van der Waals surface area contributed by atoms with Crippen LogP contribution in [0.4, 0.5) is 5.69 Å². The molecule has 0 aliphatic rings. The van der Waals surface area contributed by atoms with Crippen LogP contribution in [0.2, 0.25) is 0 Å². The van der Waals surface area contributed by atoms with E-state index < -0.39 is 0 Å². The number of hydrogen-bond acceptors (Lipinski definition) is 4. The number of aromatic nitrogens is 2. The summed E-state index contributed by atoms with van der Waals surface area (Å²) in [7, 11) is 0. The molecule has 5 nitrogen and oxygen atoms in total. The van der Waals surface area contributed by atoms with E-state index >= 15 is 0 Å². The number of anilines is 1. The third-order valence-electron chi connectivity index (χ3n) is 2.28. The van der Waals surface area contributed by atoms with Crippen LogP contribution >= 0.6 is 0 Å². The molecule has 0 aliphatic carbocycles. The van der Waals surface area contributed by atoms with Gasteiger partial charge in [0, 0.05) is 12.3 Å². The van der Waals surface area contributed by atoms with E-state index in [1.54, 1.807) is 18.2 Å². The first kappa shape index (κ1) is 10.6. The van der Waals surface area contributed by atoms with Gasteiger partial charge in [-0.25, -0.2) is 4.98 Å². The maximum Gasteiger partial charge on any atom is 0.263 e. The quantitative estimate of drug-likeness (QED) is 0.781. The summed E-state index contributed by atoms with van der Waals surface area (Å²) in [5.41, 5.74) is 6.70. The number of hydrogen-bond donors (Lipinski definition) is 1. The van der Waals surface area contributed by atoms with E-state index in [1.165, 1.54) is 10.9 Å². The molecular formula is C11H13N3O2. The van der Waals surface area contributed by atoms with E-state index in [1.807, 2.05) is 6.92 Å². The molecule has 0 unspecified atom stereocenters. The van der Waals surface area contributed by atoms with Crippen molar-refractivity contribution < 1.29 is 4.74 Å². The normalized spacial score (nSPS) is 10.8. The van der Waals surface area contributed by atoms with Crippen molar-refractivity contribution in [3.05, 3.63) is 34.9 Å². The van der Waals surface area contributed by atoms with Crippen molar-refractivity contribution in [2.45, 2.75) is 13.7 Å². The van der Waals surface area contributed by atoms with Gasteiger partial charge in [-0.3, -0.25) is 9.36 Å². The monoisotopic (exact) mass is 219 g/mol. The standard InChI is InChI=1S/C11H13N3O2/c1-2-16-7-14-6-13-10-4-3-8(12)5-9(10)11(14)15/h3-6H,2,7,12H2,1H3. The number of rotatable bonds is 3. The van der Waals surface area contributed by atoms with Crippen molar-refractivity contribution in [2.75, 3.05) is 12.3 Å². The molecule has 0 aliphatic heterocycles. The topological polar surface area (TPSA) is 70.1 Å². The number of nitrogen functional groups attached to an aromatic ring is 1. The lowest BCUT2D eigenvalue weighted by Gasteiger charge is -2.06. The van der Waals surface area contributed by atoms with Gasteiger partial charge in [0.05, 0.1) is 10.9 Å². The van der Waals surface area contributed by atoms with Gasteiger partial charge in [-0.15, -0.1) is 0 Å². The van der Waals surface area contributed by atoms with E-state index in [0.29, 0.717) is 23.2 Å². The number of nitrogens with zero attached hydrogens (tertiary/aromatic N) is 2. The van der Waals surface area contributed by atoms with E-state index in [4.69, 9.17) is 10.5 Å². The third kappa shape index (κ3) is 1.90. The van der Waals surface area contributed by atoms with E-state index in [2.05, 4.69) is 4.98 Å². The van der Waals surface area contributed by atoms with Gasteiger partial charge in [0.25, 0.3) is 5.56 Å². The molecule has 0 radical (unpaired) electrons. The van der Waals surface area contributed by atoms with Crippen LogP contribution in [-0.4, -0.2) is 16.2 Å². The highest BCUT2D eigenvalue weighted by molar-refractivity contribution is 5.80. The van der Waals surface area contributed by atoms with E-state index in [9.17, 15) is 4.79 Å². The summed E-state index contributed by atoms with van der Waals surface area (Å²) < 4.78 is 6.59. The Morgan fingerprint density at radius 2 is 2.31 bits per heavy atom. The molecule has 0 saturated heterocycles. The largest absolute Gasteiger partial charge is 0.399 e. The van der Waals surface area contributed by atoms with Crippen LogP contribution in [0.3, 0.4) is 0 Å². The van der Waals surface area contributed by atoms with Crippen molar-refractivity contribution in [1.82, 2.24) is 9.55 Å². The second-order valence-corrected chi connectivity index (χ2v) is 3.42. The molecule has 84 valence electrons. The van der Waals surface area contributed by atoms with Crippen molar-refractivity contribution in [2.24, 2.45) is 0 Å². The van der Waals surface area contributed by atoms with Crippen molar-refractivity contribution in [3.63, 3.8) is 0 Å². The maximum absolute atomic E-state index is 12.0. The average molecular weight is 219 g/mol. The maximum atomic E-state index is 12.0. The summed E-state index contributed by atoms with van der Waals surface area (Å²) in [6.45, 7) is 2.64. The lowest BCUT2D eigenvalue weighted by atomic mass is 10.2. The zero-order valence-electron chi connectivity index (χ0n) is 9.01. The molecule has 0 amide bonds. The lowest BCUT2D eigenvalue weighted by Crippen LogP contribution is -2.22. The average Bonchev–Trinajstić information content (AvgIpc) is 2.29. The molecule has 2 aromatic rings. The van der Waals surface area contributed by atoms with Gasteiger partial charge in [-0.2, -0.15) is 0 Å². The highest BCUT2D eigenvalue weighted by Gasteiger charge is 2.03. The Morgan fingerprint density at radius 3 is 3.06 bits per heavy atom. The lowest BCUT2D eigenvalue weighted by molar-refractivity contribution is 0.0850. The molecule has 2 N–H and O–H groups in total. The van der Waals surface area contributed by atoms with Crippen LogP contribution in [0.15, 0.2) is 29.3 Å². The molecule has 0 fully saturated rings. The smallest absolute Gasteiger partial charge is 0.263 e. The predicted octanol–water partition coefficient (Wildman–Crippen LogP) is 0.973. The molecule has 2 rings (SSSR count). The molecule has 0 saturated carbocycles. The molecule has 0 bridgehead atoms. The second kappa shape index (κ2) is 4.32. The SMILES string of the molecule is CCOCn1cnc2ccc(N)cc2c1=O. The highest BCUT2D eigenvalue weighted by Crippen LogP contribution is 2.10. The summed E-state index contributed by atoms with van der Waals surface area (Å²) in [4.78, 5) is 16.1. The summed E-state index contributed by atoms with van der Waals surface area (Å²) in [5, 5.41) is 0.516. The number of ether oxygens (including phenoxy) is 1. The molecule has 0 atom stereocenters. The van der Waals surface area contributed by atoms with Crippen molar-refractivity contribution in [3.8, 4) is 0 Å². The summed E-state index contributed by atoms with van der Waals surface area (Å²) in [6.07, 6.45) is 1.48. The van der Waals surface area contributed by atoms with Gasteiger partial charge < -0.3 is 10.5 Å². The van der Waals surface area contributed by atoms with Gasteiger partial charge in [0.1, 0.15) is 13.1 Å². The number of fused-ring (bicyclic) bond motifs is 1. The third-order valence-corrected chi connectivity index (χ3v) is 2.28. The molecule has 5 heteroatoms. The zero-order chi connectivity index (χ0) is 11.5. The molecule has 1 aromatic heterocycles. The minimum absolute atomic E-state index is 0.134. The molecule has 16 heavy (non-hydrogen) atoms. The fourth-order valence-corrected chi connectivity index (χ4v) is 1.46. The zero-order valence-corrected chi connectivity index (χ0v) is 9.01. The van der Waals surface area contributed by atoms with Crippen LogP contribution < -0.4 is 11.3 Å². The summed E-state index contributed by atoms with van der Waals surface area (Å²) in [5.74, 6) is 0. The Kier molecular flexibility index (Phi) is 2.87. The van der Waals surface area contributed by atoms with E-state index in [0.717, 1.165) is 0 Å². The fourth-order valence-electron chi connectivity index (χ4n) is 1.46. The Labute approximate surface area is 92.5 Å². The first-order chi connectivity index (χ1) is 7.72. The number of benzene rings is 1. The van der Waals surface area contributed by atoms with Crippen LogP contribution in [-0.2, 0) is 11.5 Å². The minimum Gasteiger partial charge on any atom is -0.399 e. The van der Waals surface area contributed by atoms with Gasteiger partial charge in [-0.1, -0.05) is 0 Å². The first-order valence-electron chi connectivity index (χ1n) is 5.05. The fraction of sp³-hybridized carbons (Fsp3) is 0.273.